The first-order chi connectivity index (χ1) is 5.41. The standard InChI is InChI=1S/C7H7ClO3S/c1-5-4-6(12(8,10)11)2-3-7(5)9/h2-4,9H,1H3. The van der Waals surface area contributed by atoms with Gasteiger partial charge in [0, 0.05) is 10.7 Å². The molecule has 0 aliphatic heterocycles. The van der Waals surface area contributed by atoms with Crippen LogP contribution in [0.3, 0.4) is 0 Å². The van der Waals surface area contributed by atoms with Crippen LogP contribution in [0.4, 0.5) is 0 Å². The molecule has 66 valence electrons. The summed E-state index contributed by atoms with van der Waals surface area (Å²) >= 11 is 0. The van der Waals surface area contributed by atoms with Crippen molar-refractivity contribution in [3.05, 3.63) is 23.8 Å². The minimum Gasteiger partial charge on any atom is -0.508 e. The number of halogens is 1. The Kier molecular flexibility index (Phi) is 2.30. The summed E-state index contributed by atoms with van der Waals surface area (Å²) in [6.07, 6.45) is 0. The van der Waals surface area contributed by atoms with Gasteiger partial charge in [0.15, 0.2) is 0 Å². The molecule has 0 heterocycles. The first-order valence-corrected chi connectivity index (χ1v) is 5.46. The second-order valence-electron chi connectivity index (χ2n) is 2.39. The highest BCUT2D eigenvalue weighted by atomic mass is 35.7. The van der Waals surface area contributed by atoms with Crippen LogP contribution in [0.1, 0.15) is 5.56 Å². The Morgan fingerprint density at radius 1 is 1.42 bits per heavy atom. The minimum atomic E-state index is -3.68. The molecule has 0 saturated heterocycles. The quantitative estimate of drug-likeness (QED) is 0.711. The zero-order valence-electron chi connectivity index (χ0n) is 6.28. The number of aromatic hydroxyl groups is 1. The number of benzene rings is 1. The molecule has 0 unspecified atom stereocenters. The van der Waals surface area contributed by atoms with Gasteiger partial charge in [-0.2, -0.15) is 0 Å². The lowest BCUT2D eigenvalue weighted by Gasteiger charge is -1.99. The predicted octanol–water partition coefficient (Wildman–Crippen LogP) is 1.63. The summed E-state index contributed by atoms with van der Waals surface area (Å²) in [6.45, 7) is 1.60. The van der Waals surface area contributed by atoms with E-state index in [1.807, 2.05) is 0 Å². The molecule has 3 nitrogen and oxygen atoms in total. The molecule has 0 spiro atoms. The second-order valence-corrected chi connectivity index (χ2v) is 4.95. The molecule has 1 N–H and O–H groups in total. The Balaban J connectivity index is 3.33. The average Bonchev–Trinajstić information content (AvgIpc) is 1.92. The lowest BCUT2D eigenvalue weighted by molar-refractivity contribution is 0.470. The van der Waals surface area contributed by atoms with Gasteiger partial charge in [-0.15, -0.1) is 0 Å². The van der Waals surface area contributed by atoms with Crippen LogP contribution >= 0.6 is 10.7 Å². The van der Waals surface area contributed by atoms with Gasteiger partial charge in [0.2, 0.25) is 0 Å². The van der Waals surface area contributed by atoms with Gasteiger partial charge in [-0.05, 0) is 30.7 Å². The molecule has 0 saturated carbocycles. The fraction of sp³-hybridized carbons (Fsp3) is 0.143. The first-order valence-electron chi connectivity index (χ1n) is 3.15. The third-order valence-electron chi connectivity index (χ3n) is 1.45. The van der Waals surface area contributed by atoms with Crippen molar-refractivity contribution in [2.75, 3.05) is 0 Å². The van der Waals surface area contributed by atoms with E-state index >= 15 is 0 Å². The molecule has 0 aliphatic rings. The van der Waals surface area contributed by atoms with Crippen LogP contribution in [0.5, 0.6) is 5.75 Å². The van der Waals surface area contributed by atoms with Gasteiger partial charge in [0.05, 0.1) is 4.90 Å². The number of hydrogen-bond acceptors (Lipinski definition) is 3. The van der Waals surface area contributed by atoms with Crippen LogP contribution < -0.4 is 0 Å². The second kappa shape index (κ2) is 2.95. The maximum absolute atomic E-state index is 10.8. The monoisotopic (exact) mass is 206 g/mol. The van der Waals surface area contributed by atoms with Crippen molar-refractivity contribution in [1.82, 2.24) is 0 Å². The SMILES string of the molecule is Cc1cc(S(=O)(=O)Cl)ccc1O. The summed E-state index contributed by atoms with van der Waals surface area (Å²) < 4.78 is 21.6. The summed E-state index contributed by atoms with van der Waals surface area (Å²) in [6, 6.07) is 3.87. The van der Waals surface area contributed by atoms with E-state index in [2.05, 4.69) is 0 Å². The highest BCUT2D eigenvalue weighted by molar-refractivity contribution is 8.13. The Morgan fingerprint density at radius 3 is 2.42 bits per heavy atom. The van der Waals surface area contributed by atoms with Crippen molar-refractivity contribution in [3.63, 3.8) is 0 Å². The summed E-state index contributed by atoms with van der Waals surface area (Å²) in [5.74, 6) is 0.0547. The highest BCUT2D eigenvalue weighted by Crippen LogP contribution is 2.22. The van der Waals surface area contributed by atoms with Crippen LogP contribution in [-0.4, -0.2) is 13.5 Å². The topological polar surface area (TPSA) is 54.4 Å². The Hall–Kier alpha value is -0.740. The molecule has 0 aromatic heterocycles. The van der Waals surface area contributed by atoms with E-state index in [0.29, 0.717) is 5.56 Å². The van der Waals surface area contributed by atoms with Gasteiger partial charge in [-0.1, -0.05) is 0 Å². The average molecular weight is 207 g/mol. The van der Waals surface area contributed by atoms with Gasteiger partial charge in [-0.3, -0.25) is 0 Å². The summed E-state index contributed by atoms with van der Waals surface area (Å²) in [7, 11) is 1.39. The van der Waals surface area contributed by atoms with Crippen LogP contribution in [0.2, 0.25) is 0 Å². The zero-order valence-corrected chi connectivity index (χ0v) is 7.85. The van der Waals surface area contributed by atoms with E-state index in [1.54, 1.807) is 6.92 Å². The summed E-state index contributed by atoms with van der Waals surface area (Å²) in [4.78, 5) is -0.000494. The van der Waals surface area contributed by atoms with E-state index in [4.69, 9.17) is 15.8 Å². The zero-order chi connectivity index (χ0) is 9.35. The van der Waals surface area contributed by atoms with Crippen molar-refractivity contribution in [3.8, 4) is 5.75 Å². The van der Waals surface area contributed by atoms with E-state index in [0.717, 1.165) is 0 Å². The highest BCUT2D eigenvalue weighted by Gasteiger charge is 2.10. The number of rotatable bonds is 1. The molecule has 0 bridgehead atoms. The molecular formula is C7H7ClO3S. The van der Waals surface area contributed by atoms with Crippen molar-refractivity contribution in [2.45, 2.75) is 11.8 Å². The Morgan fingerprint density at radius 2 is 2.00 bits per heavy atom. The summed E-state index contributed by atoms with van der Waals surface area (Å²) in [5, 5.41) is 9.07. The fourth-order valence-electron chi connectivity index (χ4n) is 0.780. The fourth-order valence-corrected chi connectivity index (χ4v) is 1.62. The maximum Gasteiger partial charge on any atom is 0.261 e. The number of hydrogen-bond donors (Lipinski definition) is 1. The molecule has 1 aromatic rings. The number of phenolic OH excluding ortho intramolecular Hbond substituents is 1. The number of phenols is 1. The molecular weight excluding hydrogens is 200 g/mol. The summed E-state index contributed by atoms with van der Waals surface area (Å²) in [5.41, 5.74) is 0.483. The van der Waals surface area contributed by atoms with E-state index in [1.165, 1.54) is 18.2 Å². The van der Waals surface area contributed by atoms with Crippen LogP contribution in [0.25, 0.3) is 0 Å². The third-order valence-corrected chi connectivity index (χ3v) is 2.80. The normalized spacial score (nSPS) is 11.5. The van der Waals surface area contributed by atoms with Gasteiger partial charge < -0.3 is 5.11 Å². The maximum atomic E-state index is 10.8. The molecule has 5 heteroatoms. The minimum absolute atomic E-state index is 0.000494. The number of aryl methyl sites for hydroxylation is 1. The van der Waals surface area contributed by atoms with Crippen molar-refractivity contribution < 1.29 is 13.5 Å². The van der Waals surface area contributed by atoms with Gasteiger partial charge in [0.1, 0.15) is 5.75 Å². The predicted molar refractivity (Wildman–Crippen MR) is 45.9 cm³/mol. The molecule has 0 atom stereocenters. The van der Waals surface area contributed by atoms with Crippen molar-refractivity contribution >= 4 is 19.7 Å². The van der Waals surface area contributed by atoms with Crippen LogP contribution in [0.15, 0.2) is 23.1 Å². The first kappa shape index (κ1) is 9.35. The third kappa shape index (κ3) is 1.89. The van der Waals surface area contributed by atoms with E-state index in [9.17, 15) is 8.42 Å². The van der Waals surface area contributed by atoms with E-state index < -0.39 is 9.05 Å². The van der Waals surface area contributed by atoms with Gasteiger partial charge >= 0.3 is 0 Å². The van der Waals surface area contributed by atoms with Crippen molar-refractivity contribution in [2.24, 2.45) is 0 Å². The van der Waals surface area contributed by atoms with Gasteiger partial charge in [0.25, 0.3) is 9.05 Å². The smallest absolute Gasteiger partial charge is 0.261 e. The van der Waals surface area contributed by atoms with Crippen LogP contribution in [0, 0.1) is 6.92 Å². The van der Waals surface area contributed by atoms with Gasteiger partial charge in [-0.25, -0.2) is 8.42 Å². The Bertz CT molecular complexity index is 397. The molecule has 0 aliphatic carbocycles. The molecule has 0 amide bonds. The largest absolute Gasteiger partial charge is 0.508 e. The molecule has 1 rings (SSSR count). The van der Waals surface area contributed by atoms with E-state index in [-0.39, 0.29) is 10.6 Å². The van der Waals surface area contributed by atoms with Crippen LogP contribution in [-0.2, 0) is 9.05 Å². The molecule has 1 aromatic carbocycles. The lowest BCUT2D eigenvalue weighted by Crippen LogP contribution is -1.90. The lowest BCUT2D eigenvalue weighted by atomic mass is 10.2. The Labute approximate surface area is 75.0 Å². The molecule has 0 radical (unpaired) electrons. The van der Waals surface area contributed by atoms with Crippen molar-refractivity contribution in [1.29, 1.82) is 0 Å². The molecule has 12 heavy (non-hydrogen) atoms. The molecule has 0 fully saturated rings.